The van der Waals surface area contributed by atoms with Crippen LogP contribution in [0.5, 0.6) is 0 Å². The zero-order valence-electron chi connectivity index (χ0n) is 15.1. The molecular weight excluding hydrogens is 408 g/mol. The summed E-state index contributed by atoms with van der Waals surface area (Å²) in [5.74, 6) is 0.504. The van der Waals surface area contributed by atoms with Crippen LogP contribution < -0.4 is 5.32 Å². The third-order valence-electron chi connectivity index (χ3n) is 5.00. The quantitative estimate of drug-likeness (QED) is 0.479. The summed E-state index contributed by atoms with van der Waals surface area (Å²) in [6.45, 7) is 0. The molecule has 1 saturated carbocycles. The highest BCUT2D eigenvalue weighted by Crippen LogP contribution is 2.49. The van der Waals surface area contributed by atoms with Crippen molar-refractivity contribution in [3.05, 3.63) is 71.0 Å². The van der Waals surface area contributed by atoms with Gasteiger partial charge in [0.05, 0.1) is 16.8 Å². The number of carbonyl (C=O) groups excluding carboxylic acids is 1. The second-order valence-corrected chi connectivity index (χ2v) is 8.19. The summed E-state index contributed by atoms with van der Waals surface area (Å²) >= 11 is 7.33. The van der Waals surface area contributed by atoms with Gasteiger partial charge in [0.15, 0.2) is 10.9 Å². The van der Waals surface area contributed by atoms with Gasteiger partial charge in [0.1, 0.15) is 0 Å². The van der Waals surface area contributed by atoms with Gasteiger partial charge in [-0.05, 0) is 49.2 Å². The maximum absolute atomic E-state index is 13.0. The molecule has 0 spiro atoms. The molecule has 1 fully saturated rings. The molecule has 0 aliphatic heterocycles. The average molecular weight is 423 g/mol. The zero-order valence-corrected chi connectivity index (χ0v) is 16.7. The van der Waals surface area contributed by atoms with Crippen LogP contribution in [-0.2, 0) is 10.2 Å². The Hall–Kier alpha value is -3.03. The molecule has 6 nitrogen and oxygen atoms in total. The first-order valence-corrected chi connectivity index (χ1v) is 10.3. The molecule has 0 atom stereocenters. The molecule has 8 heteroatoms. The molecule has 1 aromatic carbocycles. The SMILES string of the molecule is O=C(Nc1nc(-c2cccnc2)cs1)C1(c2cc(-c3ccc(Cl)cc3)on2)CC1. The van der Waals surface area contributed by atoms with E-state index in [0.29, 0.717) is 21.6 Å². The molecular formula is C21H15ClN4O2S. The van der Waals surface area contributed by atoms with Gasteiger partial charge in [-0.25, -0.2) is 4.98 Å². The topological polar surface area (TPSA) is 80.9 Å². The molecule has 4 aromatic rings. The van der Waals surface area contributed by atoms with Crippen LogP contribution in [0.2, 0.25) is 5.02 Å². The van der Waals surface area contributed by atoms with Crippen molar-refractivity contribution in [1.29, 1.82) is 0 Å². The number of nitrogens with zero attached hydrogens (tertiary/aromatic N) is 3. The van der Waals surface area contributed by atoms with Crippen molar-refractivity contribution < 1.29 is 9.32 Å². The Bertz CT molecular complexity index is 1170. The Morgan fingerprint density at radius 3 is 2.72 bits per heavy atom. The van der Waals surface area contributed by atoms with E-state index in [9.17, 15) is 4.79 Å². The Morgan fingerprint density at radius 1 is 1.17 bits per heavy atom. The van der Waals surface area contributed by atoms with Gasteiger partial charge < -0.3 is 9.84 Å². The lowest BCUT2D eigenvalue weighted by atomic mass is 10.0. The highest BCUT2D eigenvalue weighted by atomic mass is 35.5. The number of hydrogen-bond donors (Lipinski definition) is 1. The van der Waals surface area contributed by atoms with E-state index >= 15 is 0 Å². The van der Waals surface area contributed by atoms with Gasteiger partial charge in [-0.3, -0.25) is 9.78 Å². The third kappa shape index (κ3) is 3.43. The lowest BCUT2D eigenvalue weighted by Crippen LogP contribution is -2.28. The number of halogens is 1. The molecule has 3 aromatic heterocycles. The molecule has 1 amide bonds. The Morgan fingerprint density at radius 2 is 2.00 bits per heavy atom. The summed E-state index contributed by atoms with van der Waals surface area (Å²) in [6, 6.07) is 12.9. The summed E-state index contributed by atoms with van der Waals surface area (Å²) < 4.78 is 5.49. The minimum Gasteiger partial charge on any atom is -0.356 e. The lowest BCUT2D eigenvalue weighted by Gasteiger charge is -2.10. The van der Waals surface area contributed by atoms with Crippen molar-refractivity contribution >= 4 is 34.0 Å². The maximum atomic E-state index is 13.0. The van der Waals surface area contributed by atoms with Gasteiger partial charge in [0, 0.05) is 40.0 Å². The van der Waals surface area contributed by atoms with Crippen molar-refractivity contribution in [2.75, 3.05) is 5.32 Å². The lowest BCUT2D eigenvalue weighted by molar-refractivity contribution is -0.118. The van der Waals surface area contributed by atoms with Crippen molar-refractivity contribution in [3.63, 3.8) is 0 Å². The molecule has 0 radical (unpaired) electrons. The highest BCUT2D eigenvalue weighted by Gasteiger charge is 2.54. The van der Waals surface area contributed by atoms with E-state index in [-0.39, 0.29) is 5.91 Å². The number of hydrogen-bond acceptors (Lipinski definition) is 6. The smallest absolute Gasteiger partial charge is 0.238 e. The predicted octanol–water partition coefficient (Wildman–Crippen LogP) is 5.18. The number of thiazole rings is 1. The molecule has 5 rings (SSSR count). The summed E-state index contributed by atoms with van der Waals surface area (Å²) in [7, 11) is 0. The first-order valence-electron chi connectivity index (χ1n) is 9.05. The van der Waals surface area contributed by atoms with Crippen molar-refractivity contribution in [2.24, 2.45) is 0 Å². The number of rotatable bonds is 5. The Balaban J connectivity index is 1.34. The summed E-state index contributed by atoms with van der Waals surface area (Å²) in [4.78, 5) is 21.6. The normalized spacial score (nSPS) is 14.5. The Labute approximate surface area is 175 Å². The largest absolute Gasteiger partial charge is 0.356 e. The van der Waals surface area contributed by atoms with Gasteiger partial charge in [-0.1, -0.05) is 16.8 Å². The molecule has 144 valence electrons. The zero-order chi connectivity index (χ0) is 19.8. The van der Waals surface area contributed by atoms with E-state index in [1.165, 1.54) is 11.3 Å². The summed E-state index contributed by atoms with van der Waals surface area (Å²) in [5, 5.41) is 10.2. The number of pyridine rings is 1. The third-order valence-corrected chi connectivity index (χ3v) is 6.01. The van der Waals surface area contributed by atoms with E-state index in [4.69, 9.17) is 16.1 Å². The molecule has 1 N–H and O–H groups in total. The van der Waals surface area contributed by atoms with Crippen LogP contribution in [-0.4, -0.2) is 21.0 Å². The predicted molar refractivity (Wildman–Crippen MR) is 112 cm³/mol. The van der Waals surface area contributed by atoms with E-state index in [1.807, 2.05) is 35.7 Å². The average Bonchev–Trinajstić information content (AvgIpc) is 3.18. The number of anilines is 1. The fraction of sp³-hybridized carbons (Fsp3) is 0.143. The van der Waals surface area contributed by atoms with E-state index < -0.39 is 5.41 Å². The van der Waals surface area contributed by atoms with Gasteiger partial charge in [0.25, 0.3) is 0 Å². The highest BCUT2D eigenvalue weighted by molar-refractivity contribution is 7.14. The molecule has 1 aliphatic carbocycles. The molecule has 0 saturated heterocycles. The number of carbonyl (C=O) groups is 1. The molecule has 3 heterocycles. The second-order valence-electron chi connectivity index (χ2n) is 6.90. The first-order chi connectivity index (χ1) is 14.1. The van der Waals surface area contributed by atoms with Crippen LogP contribution in [0, 0.1) is 0 Å². The van der Waals surface area contributed by atoms with Gasteiger partial charge in [0.2, 0.25) is 5.91 Å². The van der Waals surface area contributed by atoms with E-state index in [0.717, 1.165) is 29.7 Å². The van der Waals surface area contributed by atoms with Gasteiger partial charge in [-0.15, -0.1) is 11.3 Å². The minimum absolute atomic E-state index is 0.111. The molecule has 1 aliphatic rings. The van der Waals surface area contributed by atoms with E-state index in [2.05, 4.69) is 20.4 Å². The number of nitrogens with one attached hydrogen (secondary N) is 1. The van der Waals surface area contributed by atoms with Crippen LogP contribution >= 0.6 is 22.9 Å². The summed E-state index contributed by atoms with van der Waals surface area (Å²) in [5.41, 5.74) is 2.55. The van der Waals surface area contributed by atoms with Crippen molar-refractivity contribution in [2.45, 2.75) is 18.3 Å². The standard InChI is InChI=1S/C21H15ClN4O2S/c22-15-5-3-13(4-6-15)17-10-18(26-28-17)21(7-8-21)19(27)25-20-24-16(12-29-20)14-2-1-9-23-11-14/h1-6,9-12H,7-8H2,(H,24,25,27). The van der Waals surface area contributed by atoms with Crippen LogP contribution in [0.3, 0.4) is 0 Å². The number of aromatic nitrogens is 3. The van der Waals surface area contributed by atoms with Crippen LogP contribution in [0.15, 0.2) is 64.8 Å². The fourth-order valence-electron chi connectivity index (χ4n) is 3.17. The van der Waals surface area contributed by atoms with Crippen LogP contribution in [0.1, 0.15) is 18.5 Å². The number of benzene rings is 1. The first kappa shape index (κ1) is 18.0. The minimum atomic E-state index is -0.658. The Kier molecular flexibility index (Phi) is 4.41. The molecule has 0 unspecified atom stereocenters. The van der Waals surface area contributed by atoms with Gasteiger partial charge in [-0.2, -0.15) is 0 Å². The summed E-state index contributed by atoms with van der Waals surface area (Å²) in [6.07, 6.45) is 4.92. The second kappa shape index (κ2) is 7.09. The van der Waals surface area contributed by atoms with Crippen molar-refractivity contribution in [1.82, 2.24) is 15.1 Å². The molecule has 29 heavy (non-hydrogen) atoms. The fourth-order valence-corrected chi connectivity index (χ4v) is 4.01. The van der Waals surface area contributed by atoms with Crippen LogP contribution in [0.4, 0.5) is 5.13 Å². The maximum Gasteiger partial charge on any atom is 0.238 e. The molecule has 0 bridgehead atoms. The monoisotopic (exact) mass is 422 g/mol. The van der Waals surface area contributed by atoms with Crippen molar-refractivity contribution in [3.8, 4) is 22.6 Å². The van der Waals surface area contributed by atoms with Gasteiger partial charge >= 0.3 is 0 Å². The van der Waals surface area contributed by atoms with Crippen LogP contribution in [0.25, 0.3) is 22.6 Å². The number of amides is 1. The van der Waals surface area contributed by atoms with E-state index in [1.54, 1.807) is 24.5 Å².